The van der Waals surface area contributed by atoms with Crippen molar-refractivity contribution >= 4 is 5.78 Å². The molecule has 2 nitrogen and oxygen atoms in total. The topological polar surface area (TPSA) is 30.2 Å². The molecule has 1 aliphatic rings. The van der Waals surface area contributed by atoms with Crippen molar-refractivity contribution in [1.29, 1.82) is 0 Å². The van der Waals surface area contributed by atoms with Crippen LogP contribution in [0.3, 0.4) is 0 Å². The highest BCUT2D eigenvalue weighted by atomic mass is 16.3. The van der Waals surface area contributed by atoms with Crippen LogP contribution in [-0.4, -0.2) is 5.78 Å². The van der Waals surface area contributed by atoms with Gasteiger partial charge in [0.15, 0.2) is 5.78 Å². The van der Waals surface area contributed by atoms with Crippen LogP contribution in [-0.2, 0) is 12.8 Å². The summed E-state index contributed by atoms with van der Waals surface area (Å²) in [5, 5.41) is 0. The number of ketones is 1. The SMILES string of the molecule is O=C(c1ccoc1)C1CCc2ccccc2C1. The molecule has 0 saturated carbocycles. The molecule has 1 atom stereocenters. The third kappa shape index (κ3) is 1.91. The van der Waals surface area contributed by atoms with Crippen molar-refractivity contribution < 1.29 is 9.21 Å². The lowest BCUT2D eigenvalue weighted by atomic mass is 9.80. The Morgan fingerprint density at radius 1 is 1.18 bits per heavy atom. The van der Waals surface area contributed by atoms with Gasteiger partial charge in [-0.1, -0.05) is 24.3 Å². The van der Waals surface area contributed by atoms with Gasteiger partial charge in [0.25, 0.3) is 0 Å². The van der Waals surface area contributed by atoms with Crippen LogP contribution >= 0.6 is 0 Å². The van der Waals surface area contributed by atoms with Gasteiger partial charge in [0.05, 0.1) is 11.8 Å². The number of rotatable bonds is 2. The van der Waals surface area contributed by atoms with Gasteiger partial charge in [-0.3, -0.25) is 4.79 Å². The van der Waals surface area contributed by atoms with Crippen LogP contribution in [0.25, 0.3) is 0 Å². The van der Waals surface area contributed by atoms with Crippen molar-refractivity contribution in [2.75, 3.05) is 0 Å². The smallest absolute Gasteiger partial charge is 0.169 e. The van der Waals surface area contributed by atoms with E-state index in [1.807, 2.05) is 6.07 Å². The van der Waals surface area contributed by atoms with E-state index in [-0.39, 0.29) is 11.7 Å². The summed E-state index contributed by atoms with van der Waals surface area (Å²) < 4.78 is 4.98. The van der Waals surface area contributed by atoms with Gasteiger partial charge in [0.2, 0.25) is 0 Å². The minimum atomic E-state index is 0.113. The summed E-state index contributed by atoms with van der Waals surface area (Å²) in [7, 11) is 0. The van der Waals surface area contributed by atoms with Crippen molar-refractivity contribution in [1.82, 2.24) is 0 Å². The van der Waals surface area contributed by atoms with Crippen molar-refractivity contribution in [3.05, 3.63) is 59.5 Å². The quantitative estimate of drug-likeness (QED) is 0.736. The molecule has 0 amide bonds. The van der Waals surface area contributed by atoms with Crippen molar-refractivity contribution in [2.24, 2.45) is 5.92 Å². The van der Waals surface area contributed by atoms with Gasteiger partial charge >= 0.3 is 0 Å². The third-order valence-electron chi connectivity index (χ3n) is 3.52. The van der Waals surface area contributed by atoms with Crippen LogP contribution < -0.4 is 0 Å². The first kappa shape index (κ1) is 10.3. The Morgan fingerprint density at radius 2 is 2.00 bits per heavy atom. The monoisotopic (exact) mass is 226 g/mol. The van der Waals surface area contributed by atoms with Crippen LogP contribution in [0.5, 0.6) is 0 Å². The van der Waals surface area contributed by atoms with Crippen LogP contribution in [0.2, 0.25) is 0 Å². The maximum absolute atomic E-state index is 12.2. The number of hydrogen-bond donors (Lipinski definition) is 0. The fraction of sp³-hybridized carbons (Fsp3) is 0.267. The first-order valence-corrected chi connectivity index (χ1v) is 5.98. The maximum atomic E-state index is 12.2. The zero-order valence-corrected chi connectivity index (χ0v) is 9.56. The Kier molecular flexibility index (Phi) is 2.56. The van der Waals surface area contributed by atoms with Gasteiger partial charge in [0, 0.05) is 5.92 Å². The van der Waals surface area contributed by atoms with E-state index in [0.717, 1.165) is 19.3 Å². The average Bonchev–Trinajstić information content (AvgIpc) is 2.91. The van der Waals surface area contributed by atoms with Crippen LogP contribution in [0.4, 0.5) is 0 Å². The first-order valence-electron chi connectivity index (χ1n) is 5.98. The van der Waals surface area contributed by atoms with Crippen LogP contribution in [0, 0.1) is 5.92 Å². The second kappa shape index (κ2) is 4.21. The Balaban J connectivity index is 1.83. The Hall–Kier alpha value is -1.83. The Labute approximate surface area is 100 Å². The van der Waals surface area contributed by atoms with Gasteiger partial charge in [0.1, 0.15) is 6.26 Å². The van der Waals surface area contributed by atoms with Gasteiger partial charge < -0.3 is 4.42 Å². The first-order chi connectivity index (χ1) is 8.34. The highest BCUT2D eigenvalue weighted by Crippen LogP contribution is 2.27. The molecule has 1 heterocycles. The summed E-state index contributed by atoms with van der Waals surface area (Å²) in [6.07, 6.45) is 5.92. The standard InChI is InChI=1S/C15H14O2/c16-15(14-7-8-17-10-14)13-6-5-11-3-1-2-4-12(11)9-13/h1-4,7-8,10,13H,5-6,9H2. The van der Waals surface area contributed by atoms with Crippen molar-refractivity contribution in [2.45, 2.75) is 19.3 Å². The highest BCUT2D eigenvalue weighted by Gasteiger charge is 2.25. The summed E-state index contributed by atoms with van der Waals surface area (Å²) >= 11 is 0. The number of hydrogen-bond acceptors (Lipinski definition) is 2. The molecule has 0 spiro atoms. The molecule has 17 heavy (non-hydrogen) atoms. The lowest BCUT2D eigenvalue weighted by Crippen LogP contribution is -2.22. The molecule has 1 aromatic carbocycles. The molecule has 1 aromatic heterocycles. The zero-order chi connectivity index (χ0) is 11.7. The summed E-state index contributed by atoms with van der Waals surface area (Å²) in [6, 6.07) is 10.2. The van der Waals surface area contributed by atoms with E-state index in [9.17, 15) is 4.79 Å². The van der Waals surface area contributed by atoms with E-state index in [2.05, 4.69) is 18.2 Å². The molecule has 0 saturated heterocycles. The number of benzene rings is 1. The van der Waals surface area contributed by atoms with E-state index in [1.165, 1.54) is 11.1 Å². The summed E-state index contributed by atoms with van der Waals surface area (Å²) in [5.41, 5.74) is 3.42. The second-order valence-electron chi connectivity index (χ2n) is 4.58. The molecule has 0 bridgehead atoms. The lowest BCUT2D eigenvalue weighted by molar-refractivity contribution is 0.0908. The Bertz CT molecular complexity index is 526. The largest absolute Gasteiger partial charge is 0.472 e. The van der Waals surface area contributed by atoms with Gasteiger partial charge in [-0.05, 0) is 36.5 Å². The molecule has 0 radical (unpaired) electrons. The predicted molar refractivity (Wildman–Crippen MR) is 65.0 cm³/mol. The van der Waals surface area contributed by atoms with E-state index >= 15 is 0 Å². The number of aryl methyl sites for hydroxylation is 1. The van der Waals surface area contributed by atoms with E-state index in [1.54, 1.807) is 18.6 Å². The number of fused-ring (bicyclic) bond motifs is 1. The van der Waals surface area contributed by atoms with Crippen molar-refractivity contribution in [3.63, 3.8) is 0 Å². The van der Waals surface area contributed by atoms with Gasteiger partial charge in [-0.15, -0.1) is 0 Å². The second-order valence-corrected chi connectivity index (χ2v) is 4.58. The highest BCUT2D eigenvalue weighted by molar-refractivity contribution is 5.97. The molecule has 0 fully saturated rings. The molecular weight excluding hydrogens is 212 g/mol. The van der Waals surface area contributed by atoms with Gasteiger partial charge in [-0.25, -0.2) is 0 Å². The average molecular weight is 226 g/mol. The number of carbonyl (C=O) groups is 1. The fourth-order valence-corrected chi connectivity index (χ4v) is 2.56. The van der Waals surface area contributed by atoms with Crippen LogP contribution in [0.15, 0.2) is 47.3 Å². The van der Waals surface area contributed by atoms with E-state index in [0.29, 0.717) is 5.56 Å². The molecule has 2 heteroatoms. The molecule has 1 unspecified atom stereocenters. The summed E-state index contributed by atoms with van der Waals surface area (Å²) in [4.78, 5) is 12.2. The molecule has 86 valence electrons. The normalized spacial score (nSPS) is 18.7. The number of Topliss-reactive ketones (excluding diaryl/α,β-unsaturated/α-hetero) is 1. The predicted octanol–water partition coefficient (Wildman–Crippen LogP) is 3.27. The third-order valence-corrected chi connectivity index (χ3v) is 3.52. The van der Waals surface area contributed by atoms with Crippen molar-refractivity contribution in [3.8, 4) is 0 Å². The lowest BCUT2D eigenvalue weighted by Gasteiger charge is -2.22. The number of carbonyl (C=O) groups excluding carboxylic acids is 1. The molecular formula is C15H14O2. The van der Waals surface area contributed by atoms with Gasteiger partial charge in [-0.2, -0.15) is 0 Å². The summed E-state index contributed by atoms with van der Waals surface area (Å²) in [6.45, 7) is 0. The molecule has 0 aliphatic heterocycles. The van der Waals surface area contributed by atoms with E-state index in [4.69, 9.17) is 4.42 Å². The molecule has 1 aliphatic carbocycles. The molecule has 2 aromatic rings. The fourth-order valence-electron chi connectivity index (χ4n) is 2.56. The maximum Gasteiger partial charge on any atom is 0.169 e. The number of furan rings is 1. The van der Waals surface area contributed by atoms with Crippen LogP contribution in [0.1, 0.15) is 27.9 Å². The van der Waals surface area contributed by atoms with E-state index < -0.39 is 0 Å². The zero-order valence-electron chi connectivity index (χ0n) is 9.56. The minimum Gasteiger partial charge on any atom is -0.472 e. The molecule has 0 N–H and O–H groups in total. The summed E-state index contributed by atoms with van der Waals surface area (Å²) in [5.74, 6) is 0.329. The minimum absolute atomic E-state index is 0.113. The Morgan fingerprint density at radius 3 is 2.76 bits per heavy atom. The molecule has 3 rings (SSSR count).